The number of fused-ring (bicyclic) bond motifs is 5. The molecule has 0 radical (unpaired) electrons. The van der Waals surface area contributed by atoms with E-state index in [9.17, 15) is 10.2 Å². The summed E-state index contributed by atoms with van der Waals surface area (Å²) in [4.78, 5) is 0. The Labute approximate surface area is 127 Å². The number of phenols is 1. The van der Waals surface area contributed by atoms with Crippen molar-refractivity contribution in [2.45, 2.75) is 64.4 Å². The van der Waals surface area contributed by atoms with Gasteiger partial charge in [0.15, 0.2) is 0 Å². The van der Waals surface area contributed by atoms with Crippen molar-refractivity contribution in [1.82, 2.24) is 0 Å². The highest BCUT2D eigenvalue weighted by Crippen LogP contribution is 2.61. The maximum atomic E-state index is 10.4. The second kappa shape index (κ2) is 4.49. The summed E-state index contributed by atoms with van der Waals surface area (Å²) in [6.07, 6.45) is 6.77. The maximum absolute atomic E-state index is 10.4. The standard InChI is InChI=1S/C19H26O2/c1-11-9-15-12(10-17(11)20)3-4-14-13(15)7-8-19(2)16(14)5-6-18(19)21/h9-10,13-14,16,18,20-21H,3-8H2,1-2H3/t13?,14?,16?,18-,19-/m0/s1. The van der Waals surface area contributed by atoms with Gasteiger partial charge in [0.2, 0.25) is 0 Å². The molecule has 5 atom stereocenters. The van der Waals surface area contributed by atoms with E-state index in [1.165, 1.54) is 30.4 Å². The number of aliphatic hydroxyl groups is 1. The van der Waals surface area contributed by atoms with Crippen LogP contribution >= 0.6 is 0 Å². The number of rotatable bonds is 0. The molecule has 2 heteroatoms. The lowest BCUT2D eigenvalue weighted by Crippen LogP contribution is -2.43. The van der Waals surface area contributed by atoms with E-state index in [-0.39, 0.29) is 11.5 Å². The van der Waals surface area contributed by atoms with Gasteiger partial charge in [0.1, 0.15) is 5.75 Å². The fourth-order valence-electron chi connectivity index (χ4n) is 5.69. The van der Waals surface area contributed by atoms with Gasteiger partial charge in [-0.1, -0.05) is 13.0 Å². The van der Waals surface area contributed by atoms with Gasteiger partial charge in [-0.25, -0.2) is 0 Å². The summed E-state index contributed by atoms with van der Waals surface area (Å²) in [5, 5.41) is 20.4. The van der Waals surface area contributed by atoms with E-state index in [1.54, 1.807) is 0 Å². The van der Waals surface area contributed by atoms with Crippen molar-refractivity contribution in [2.75, 3.05) is 0 Å². The fourth-order valence-corrected chi connectivity index (χ4v) is 5.69. The van der Waals surface area contributed by atoms with Crippen LogP contribution in [-0.2, 0) is 6.42 Å². The molecule has 2 fully saturated rings. The molecule has 2 saturated carbocycles. The molecule has 3 aliphatic rings. The van der Waals surface area contributed by atoms with E-state index in [2.05, 4.69) is 13.0 Å². The molecule has 2 nitrogen and oxygen atoms in total. The van der Waals surface area contributed by atoms with Crippen LogP contribution in [0, 0.1) is 24.2 Å². The Morgan fingerprint density at radius 2 is 1.95 bits per heavy atom. The lowest BCUT2D eigenvalue weighted by atomic mass is 9.55. The molecule has 0 bridgehead atoms. The minimum absolute atomic E-state index is 0.0913. The number of phenolic OH excluding ortho intramolecular Hbond substituents is 1. The van der Waals surface area contributed by atoms with E-state index in [1.807, 2.05) is 13.0 Å². The molecular weight excluding hydrogens is 260 g/mol. The number of hydrogen-bond acceptors (Lipinski definition) is 2. The van der Waals surface area contributed by atoms with Crippen LogP contribution in [0.25, 0.3) is 0 Å². The Bertz CT molecular complexity index is 579. The first-order valence-corrected chi connectivity index (χ1v) is 8.51. The van der Waals surface area contributed by atoms with Crippen LogP contribution in [0.15, 0.2) is 12.1 Å². The summed E-state index contributed by atoms with van der Waals surface area (Å²) in [6, 6.07) is 4.23. The van der Waals surface area contributed by atoms with Crippen LogP contribution in [-0.4, -0.2) is 16.3 Å². The van der Waals surface area contributed by atoms with E-state index in [0.29, 0.717) is 17.6 Å². The predicted octanol–water partition coefficient (Wildman–Crippen LogP) is 3.92. The van der Waals surface area contributed by atoms with Gasteiger partial charge in [-0.2, -0.15) is 0 Å². The van der Waals surface area contributed by atoms with E-state index in [4.69, 9.17) is 0 Å². The van der Waals surface area contributed by atoms with Gasteiger partial charge in [0.05, 0.1) is 6.10 Å². The average Bonchev–Trinajstić information content (AvgIpc) is 2.76. The number of aliphatic hydroxyl groups excluding tert-OH is 1. The summed E-state index contributed by atoms with van der Waals surface area (Å²) in [5.74, 6) is 2.52. The summed E-state index contributed by atoms with van der Waals surface area (Å²) in [7, 11) is 0. The molecule has 3 aliphatic carbocycles. The quantitative estimate of drug-likeness (QED) is 0.759. The molecule has 114 valence electrons. The zero-order valence-corrected chi connectivity index (χ0v) is 13.1. The van der Waals surface area contributed by atoms with E-state index < -0.39 is 0 Å². The van der Waals surface area contributed by atoms with Crippen LogP contribution in [0.4, 0.5) is 0 Å². The molecule has 4 rings (SSSR count). The monoisotopic (exact) mass is 286 g/mol. The zero-order valence-electron chi connectivity index (χ0n) is 13.1. The molecule has 0 aliphatic heterocycles. The first kappa shape index (κ1) is 13.6. The summed E-state index contributed by atoms with van der Waals surface area (Å²) in [6.45, 7) is 4.33. The molecule has 0 saturated heterocycles. The van der Waals surface area contributed by atoms with Crippen molar-refractivity contribution < 1.29 is 10.2 Å². The minimum atomic E-state index is -0.0913. The third-order valence-corrected chi connectivity index (χ3v) is 6.99. The largest absolute Gasteiger partial charge is 0.508 e. The van der Waals surface area contributed by atoms with Gasteiger partial charge in [0.25, 0.3) is 0 Å². The Kier molecular flexibility index (Phi) is 2.91. The van der Waals surface area contributed by atoms with Crippen LogP contribution < -0.4 is 0 Å². The van der Waals surface area contributed by atoms with E-state index in [0.717, 1.165) is 30.7 Å². The summed E-state index contributed by atoms with van der Waals surface area (Å²) in [5.41, 5.74) is 4.02. The molecule has 1 aromatic carbocycles. The van der Waals surface area contributed by atoms with Gasteiger partial charge in [-0.3, -0.25) is 0 Å². The molecule has 1 aromatic rings. The van der Waals surface area contributed by atoms with Crippen LogP contribution in [0.1, 0.15) is 61.6 Å². The van der Waals surface area contributed by atoms with Crippen molar-refractivity contribution in [2.24, 2.45) is 17.3 Å². The Balaban J connectivity index is 1.73. The second-order valence-corrected chi connectivity index (χ2v) is 7.89. The van der Waals surface area contributed by atoms with Gasteiger partial charge >= 0.3 is 0 Å². The molecular formula is C19H26O2. The van der Waals surface area contributed by atoms with Gasteiger partial charge in [0, 0.05) is 0 Å². The summed E-state index contributed by atoms with van der Waals surface area (Å²) < 4.78 is 0. The smallest absolute Gasteiger partial charge is 0.118 e. The predicted molar refractivity (Wildman–Crippen MR) is 83.5 cm³/mol. The Morgan fingerprint density at radius 3 is 2.76 bits per heavy atom. The normalized spacial score (nSPS) is 41.3. The summed E-state index contributed by atoms with van der Waals surface area (Å²) >= 11 is 0. The topological polar surface area (TPSA) is 40.5 Å². The number of aryl methyl sites for hydroxylation is 2. The van der Waals surface area contributed by atoms with E-state index >= 15 is 0 Å². The zero-order chi connectivity index (χ0) is 14.8. The van der Waals surface area contributed by atoms with Crippen molar-refractivity contribution in [3.05, 3.63) is 28.8 Å². The third-order valence-electron chi connectivity index (χ3n) is 6.99. The Morgan fingerprint density at radius 1 is 1.14 bits per heavy atom. The van der Waals surface area contributed by atoms with Gasteiger partial charge in [-0.05, 0) is 91.4 Å². The highest BCUT2D eigenvalue weighted by molar-refractivity contribution is 5.45. The SMILES string of the molecule is Cc1cc2c(cc1O)CCC1C2CC[C@@]2(C)C1CC[C@@H]2O. The molecule has 0 amide bonds. The molecule has 0 heterocycles. The molecule has 3 unspecified atom stereocenters. The van der Waals surface area contributed by atoms with Crippen molar-refractivity contribution >= 4 is 0 Å². The minimum Gasteiger partial charge on any atom is -0.508 e. The second-order valence-electron chi connectivity index (χ2n) is 7.89. The van der Waals surface area contributed by atoms with Crippen LogP contribution in [0.5, 0.6) is 5.75 Å². The average molecular weight is 286 g/mol. The molecule has 2 N–H and O–H groups in total. The first-order chi connectivity index (χ1) is 10.0. The van der Waals surface area contributed by atoms with Crippen LogP contribution in [0.2, 0.25) is 0 Å². The van der Waals surface area contributed by atoms with Crippen LogP contribution in [0.3, 0.4) is 0 Å². The number of benzene rings is 1. The molecule has 21 heavy (non-hydrogen) atoms. The number of hydrogen-bond donors (Lipinski definition) is 2. The van der Waals surface area contributed by atoms with Crippen molar-refractivity contribution in [1.29, 1.82) is 0 Å². The lowest BCUT2D eigenvalue weighted by Gasteiger charge is -2.50. The lowest BCUT2D eigenvalue weighted by molar-refractivity contribution is -0.0226. The van der Waals surface area contributed by atoms with Gasteiger partial charge < -0.3 is 10.2 Å². The fraction of sp³-hybridized carbons (Fsp3) is 0.684. The maximum Gasteiger partial charge on any atom is 0.118 e. The highest BCUT2D eigenvalue weighted by Gasteiger charge is 2.54. The first-order valence-electron chi connectivity index (χ1n) is 8.51. The third kappa shape index (κ3) is 1.81. The molecule has 0 spiro atoms. The number of aromatic hydroxyl groups is 1. The highest BCUT2D eigenvalue weighted by atomic mass is 16.3. The molecule has 0 aromatic heterocycles. The van der Waals surface area contributed by atoms with Crippen molar-refractivity contribution in [3.63, 3.8) is 0 Å². The van der Waals surface area contributed by atoms with Crippen molar-refractivity contribution in [3.8, 4) is 5.75 Å². The Hall–Kier alpha value is -1.02. The van der Waals surface area contributed by atoms with Gasteiger partial charge in [-0.15, -0.1) is 0 Å².